The van der Waals surface area contributed by atoms with Crippen molar-refractivity contribution < 1.29 is 23.4 Å². The molecule has 2 aromatic heterocycles. The van der Waals surface area contributed by atoms with Crippen LogP contribution in [0.15, 0.2) is 47.1 Å². The zero-order valence-electron chi connectivity index (χ0n) is 16.6. The molecule has 5 rings (SSSR count). The lowest BCUT2D eigenvalue weighted by molar-refractivity contribution is 0.0241. The number of morpholine rings is 1. The van der Waals surface area contributed by atoms with Crippen molar-refractivity contribution in [3.05, 3.63) is 64.4 Å². The second-order valence-electron chi connectivity index (χ2n) is 7.24. The van der Waals surface area contributed by atoms with Crippen LogP contribution in [0.1, 0.15) is 32.6 Å². The Morgan fingerprint density at radius 2 is 1.97 bits per heavy atom. The summed E-state index contributed by atoms with van der Waals surface area (Å²) in [5.41, 5.74) is 2.14. The van der Waals surface area contributed by atoms with Crippen molar-refractivity contribution in [2.24, 2.45) is 0 Å². The lowest BCUT2D eigenvalue weighted by atomic mass is 9.97. The van der Waals surface area contributed by atoms with Crippen molar-refractivity contribution >= 4 is 22.2 Å². The van der Waals surface area contributed by atoms with Crippen LogP contribution in [0.3, 0.4) is 0 Å². The molecular weight excluding hydrogens is 404 g/mol. The Hall–Kier alpha value is -2.81. The number of aryl methyl sites for hydroxylation is 1. The predicted molar refractivity (Wildman–Crippen MR) is 113 cm³/mol. The number of anilines is 1. The zero-order chi connectivity index (χ0) is 20.5. The smallest absolute Gasteiger partial charge is 0.291 e. The van der Waals surface area contributed by atoms with Crippen LogP contribution < -0.4 is 14.8 Å². The lowest BCUT2D eigenvalue weighted by Crippen LogP contribution is -2.39. The van der Waals surface area contributed by atoms with E-state index in [1.54, 1.807) is 23.5 Å². The fourth-order valence-corrected chi connectivity index (χ4v) is 4.85. The average Bonchev–Trinajstić information content (AvgIpc) is 3.50. The van der Waals surface area contributed by atoms with Crippen LogP contribution in [0.25, 0.3) is 0 Å². The van der Waals surface area contributed by atoms with E-state index in [1.165, 1.54) is 6.26 Å². The van der Waals surface area contributed by atoms with Gasteiger partial charge in [0.15, 0.2) is 17.3 Å². The number of nitrogens with one attached hydrogen (secondary N) is 1. The Balaban J connectivity index is 1.53. The van der Waals surface area contributed by atoms with Crippen molar-refractivity contribution in [1.29, 1.82) is 0 Å². The maximum Gasteiger partial charge on any atom is 0.291 e. The molecule has 0 spiro atoms. The van der Waals surface area contributed by atoms with E-state index < -0.39 is 0 Å². The van der Waals surface area contributed by atoms with Gasteiger partial charge >= 0.3 is 0 Å². The van der Waals surface area contributed by atoms with Crippen molar-refractivity contribution in [2.45, 2.75) is 13.0 Å². The van der Waals surface area contributed by atoms with Gasteiger partial charge in [-0.3, -0.25) is 9.69 Å². The van der Waals surface area contributed by atoms with Crippen LogP contribution in [0, 0.1) is 6.92 Å². The molecule has 4 heterocycles. The normalized spacial score (nSPS) is 17.1. The second kappa shape index (κ2) is 8.14. The first-order valence-electron chi connectivity index (χ1n) is 9.85. The third kappa shape index (κ3) is 3.69. The van der Waals surface area contributed by atoms with E-state index in [4.69, 9.17) is 18.6 Å². The van der Waals surface area contributed by atoms with Crippen molar-refractivity contribution in [3.63, 3.8) is 0 Å². The van der Waals surface area contributed by atoms with Gasteiger partial charge in [0, 0.05) is 23.5 Å². The molecule has 30 heavy (non-hydrogen) atoms. The molecule has 2 aliphatic rings. The van der Waals surface area contributed by atoms with E-state index >= 15 is 0 Å². The third-order valence-corrected chi connectivity index (χ3v) is 6.26. The number of benzene rings is 1. The first-order chi connectivity index (χ1) is 14.7. The molecule has 0 bridgehead atoms. The van der Waals surface area contributed by atoms with E-state index in [0.29, 0.717) is 13.2 Å². The average molecular weight is 426 g/mol. The molecule has 8 heteroatoms. The van der Waals surface area contributed by atoms with Crippen molar-refractivity contribution in [1.82, 2.24) is 4.90 Å². The molecule has 7 nitrogen and oxygen atoms in total. The number of fused-ring (bicyclic) bond motifs is 1. The molecular formula is C22H22N2O5S. The van der Waals surface area contributed by atoms with E-state index in [9.17, 15) is 4.79 Å². The number of furan rings is 1. The number of hydrogen-bond donors (Lipinski definition) is 1. The van der Waals surface area contributed by atoms with E-state index in [-0.39, 0.29) is 24.5 Å². The van der Waals surface area contributed by atoms with Gasteiger partial charge in [0.05, 0.1) is 25.5 Å². The highest BCUT2D eigenvalue weighted by Gasteiger charge is 2.30. The van der Waals surface area contributed by atoms with Gasteiger partial charge in [-0.1, -0.05) is 6.07 Å². The fraction of sp³-hybridized carbons (Fsp3) is 0.318. The molecule has 1 N–H and O–H groups in total. The molecule has 1 unspecified atom stereocenters. The van der Waals surface area contributed by atoms with Gasteiger partial charge in [0.25, 0.3) is 5.91 Å². The number of ether oxygens (including phenoxy) is 3. The maximum absolute atomic E-state index is 12.7. The maximum atomic E-state index is 12.7. The molecule has 1 aromatic carbocycles. The summed E-state index contributed by atoms with van der Waals surface area (Å²) in [6, 6.07) is 11.5. The van der Waals surface area contributed by atoms with E-state index in [2.05, 4.69) is 22.3 Å². The van der Waals surface area contributed by atoms with Crippen LogP contribution in [0.5, 0.6) is 11.5 Å². The molecule has 1 amide bonds. The summed E-state index contributed by atoms with van der Waals surface area (Å²) >= 11 is 1.56. The SMILES string of the molecule is Cc1cc(C(c2ccc3c(c2)OCO3)N2CCOCC2)c(NC(=O)c2ccco2)s1. The van der Waals surface area contributed by atoms with E-state index in [0.717, 1.165) is 45.6 Å². The predicted octanol–water partition coefficient (Wildman–Crippen LogP) is 4.05. The summed E-state index contributed by atoms with van der Waals surface area (Å²) < 4.78 is 21.9. The minimum atomic E-state index is -0.255. The Kier molecular flexibility index (Phi) is 5.20. The minimum absolute atomic E-state index is 0.0414. The van der Waals surface area contributed by atoms with Gasteiger partial charge in [-0.2, -0.15) is 0 Å². The number of hydrogen-bond acceptors (Lipinski definition) is 7. The number of amides is 1. The first-order valence-corrected chi connectivity index (χ1v) is 10.7. The van der Waals surface area contributed by atoms with Gasteiger partial charge in [-0.25, -0.2) is 0 Å². The number of carbonyl (C=O) groups is 1. The Morgan fingerprint density at radius 3 is 2.77 bits per heavy atom. The van der Waals surface area contributed by atoms with Crippen LogP contribution >= 0.6 is 11.3 Å². The van der Waals surface area contributed by atoms with Gasteiger partial charge in [0.1, 0.15) is 5.00 Å². The van der Waals surface area contributed by atoms with Gasteiger partial charge in [-0.15, -0.1) is 11.3 Å². The molecule has 1 fully saturated rings. The summed E-state index contributed by atoms with van der Waals surface area (Å²) in [5, 5.41) is 3.87. The lowest BCUT2D eigenvalue weighted by Gasteiger charge is -2.35. The van der Waals surface area contributed by atoms with Crippen molar-refractivity contribution in [2.75, 3.05) is 38.4 Å². The second-order valence-corrected chi connectivity index (χ2v) is 8.49. The molecule has 0 aliphatic carbocycles. The fourth-order valence-electron chi connectivity index (χ4n) is 3.91. The standard InChI is InChI=1S/C22H22N2O5S/c1-14-11-16(22(30-14)23-21(25)18-3-2-8-27-18)20(24-6-9-26-10-7-24)15-4-5-17-19(12-15)29-13-28-17/h2-5,8,11-12,20H,6-7,9-10,13H2,1H3,(H,23,25). The highest BCUT2D eigenvalue weighted by molar-refractivity contribution is 7.16. The molecule has 3 aromatic rings. The van der Waals surface area contributed by atoms with Gasteiger partial charge < -0.3 is 23.9 Å². The molecule has 1 saturated heterocycles. The first kappa shape index (κ1) is 19.2. The highest BCUT2D eigenvalue weighted by Crippen LogP contribution is 2.42. The molecule has 2 aliphatic heterocycles. The third-order valence-electron chi connectivity index (χ3n) is 5.27. The largest absolute Gasteiger partial charge is 0.459 e. The zero-order valence-corrected chi connectivity index (χ0v) is 17.4. The summed E-state index contributed by atoms with van der Waals surface area (Å²) in [6.45, 7) is 5.26. The Bertz CT molecular complexity index is 1040. The monoisotopic (exact) mass is 426 g/mol. The van der Waals surface area contributed by atoms with Crippen LogP contribution in [-0.2, 0) is 4.74 Å². The Morgan fingerprint density at radius 1 is 1.13 bits per heavy atom. The molecule has 0 saturated carbocycles. The highest BCUT2D eigenvalue weighted by atomic mass is 32.1. The molecule has 1 atom stereocenters. The number of carbonyl (C=O) groups excluding carboxylic acids is 1. The van der Waals surface area contributed by atoms with Gasteiger partial charge in [-0.05, 0) is 42.8 Å². The van der Waals surface area contributed by atoms with Crippen LogP contribution in [0.4, 0.5) is 5.00 Å². The number of thiophene rings is 1. The molecule has 156 valence electrons. The van der Waals surface area contributed by atoms with Crippen LogP contribution in [0.2, 0.25) is 0 Å². The topological polar surface area (TPSA) is 73.2 Å². The van der Waals surface area contributed by atoms with Crippen LogP contribution in [-0.4, -0.2) is 43.9 Å². The van der Waals surface area contributed by atoms with Crippen molar-refractivity contribution in [3.8, 4) is 11.5 Å². The Labute approximate surface area is 178 Å². The summed E-state index contributed by atoms with van der Waals surface area (Å²) in [6.07, 6.45) is 1.50. The summed E-state index contributed by atoms with van der Waals surface area (Å²) in [5.74, 6) is 1.54. The summed E-state index contributed by atoms with van der Waals surface area (Å²) in [7, 11) is 0. The number of rotatable bonds is 5. The number of nitrogens with zero attached hydrogens (tertiary/aromatic N) is 1. The minimum Gasteiger partial charge on any atom is -0.459 e. The summed E-state index contributed by atoms with van der Waals surface area (Å²) in [4.78, 5) is 16.2. The van der Waals surface area contributed by atoms with E-state index in [1.807, 2.05) is 19.1 Å². The van der Waals surface area contributed by atoms with Gasteiger partial charge in [0.2, 0.25) is 6.79 Å². The molecule has 0 radical (unpaired) electrons. The quantitative estimate of drug-likeness (QED) is 0.664.